The number of ether oxygens (including phenoxy) is 1. The Hall–Kier alpha value is -3.35. The second-order valence-corrected chi connectivity index (χ2v) is 9.13. The van der Waals surface area contributed by atoms with Crippen molar-refractivity contribution >= 4 is 18.0 Å². The number of benzene rings is 2. The summed E-state index contributed by atoms with van der Waals surface area (Å²) < 4.78 is 5.53. The van der Waals surface area contributed by atoms with Crippen molar-refractivity contribution in [3.8, 4) is 11.1 Å². The molecule has 7 heteroatoms. The number of carbonyl (C=O) groups excluding carboxylic acids is 2. The molecule has 0 bridgehead atoms. The summed E-state index contributed by atoms with van der Waals surface area (Å²) in [6, 6.07) is 16.3. The Morgan fingerprint density at radius 2 is 1.67 bits per heavy atom. The molecule has 2 aliphatic carbocycles. The van der Waals surface area contributed by atoms with Gasteiger partial charge in [0.05, 0.1) is 5.92 Å². The van der Waals surface area contributed by atoms with E-state index in [0.717, 1.165) is 11.1 Å². The highest BCUT2D eigenvalue weighted by Gasteiger charge is 2.31. The first kappa shape index (κ1) is 22.8. The van der Waals surface area contributed by atoms with Gasteiger partial charge in [0.1, 0.15) is 6.61 Å². The van der Waals surface area contributed by atoms with Gasteiger partial charge in [-0.15, -0.1) is 0 Å². The van der Waals surface area contributed by atoms with E-state index in [1.807, 2.05) is 31.2 Å². The smallest absolute Gasteiger partial charge is 0.407 e. The molecular weight excluding hydrogens is 420 g/mol. The average molecular weight is 451 g/mol. The summed E-state index contributed by atoms with van der Waals surface area (Å²) >= 11 is 0. The Balaban J connectivity index is 1.21. The van der Waals surface area contributed by atoms with Gasteiger partial charge in [0.25, 0.3) is 0 Å². The van der Waals surface area contributed by atoms with E-state index in [-0.39, 0.29) is 42.7 Å². The molecule has 0 heterocycles. The number of hydrogen-bond donors (Lipinski definition) is 3. The highest BCUT2D eigenvalue weighted by atomic mass is 16.5. The minimum absolute atomic E-state index is 0.00684. The normalized spacial score (nSPS) is 19.9. The van der Waals surface area contributed by atoms with Gasteiger partial charge in [0, 0.05) is 24.9 Å². The van der Waals surface area contributed by atoms with Gasteiger partial charge < -0.3 is 20.5 Å². The van der Waals surface area contributed by atoms with Crippen molar-refractivity contribution in [3.05, 3.63) is 59.7 Å². The number of fused-ring (bicyclic) bond motifs is 3. The summed E-state index contributed by atoms with van der Waals surface area (Å²) in [5.74, 6) is -1.35. The van der Waals surface area contributed by atoms with Crippen molar-refractivity contribution in [2.24, 2.45) is 11.8 Å². The summed E-state index contributed by atoms with van der Waals surface area (Å²) in [7, 11) is 0. The summed E-state index contributed by atoms with van der Waals surface area (Å²) in [5.41, 5.74) is 4.68. The summed E-state index contributed by atoms with van der Waals surface area (Å²) in [5, 5.41) is 14.8. The molecular formula is C26H30N2O5. The van der Waals surface area contributed by atoms with Crippen LogP contribution in [0.1, 0.15) is 49.7 Å². The van der Waals surface area contributed by atoms with E-state index in [2.05, 4.69) is 34.9 Å². The fourth-order valence-corrected chi connectivity index (χ4v) is 4.92. The number of hydrogen-bond acceptors (Lipinski definition) is 4. The summed E-state index contributed by atoms with van der Waals surface area (Å²) in [4.78, 5) is 35.6. The van der Waals surface area contributed by atoms with E-state index >= 15 is 0 Å². The zero-order chi connectivity index (χ0) is 23.4. The number of amides is 2. The SMILES string of the molecule is CC(CNC(=O)OCC1c2ccccc2-c2ccccc21)CC(=O)NC1CCC(C(=O)O)C1. The third-order valence-corrected chi connectivity index (χ3v) is 6.62. The quantitative estimate of drug-likeness (QED) is 0.565. The van der Waals surface area contributed by atoms with Gasteiger partial charge in [0.15, 0.2) is 0 Å². The van der Waals surface area contributed by atoms with Crippen LogP contribution in [0.5, 0.6) is 0 Å². The first-order chi connectivity index (χ1) is 15.9. The maximum atomic E-state index is 12.3. The monoisotopic (exact) mass is 450 g/mol. The Labute approximate surface area is 193 Å². The number of carboxylic acids is 1. The minimum atomic E-state index is -0.799. The van der Waals surface area contributed by atoms with E-state index in [4.69, 9.17) is 9.84 Å². The number of carbonyl (C=O) groups is 3. The van der Waals surface area contributed by atoms with Gasteiger partial charge in [0.2, 0.25) is 5.91 Å². The fourth-order valence-electron chi connectivity index (χ4n) is 4.92. The third-order valence-electron chi connectivity index (χ3n) is 6.62. The average Bonchev–Trinajstić information content (AvgIpc) is 3.39. The zero-order valence-electron chi connectivity index (χ0n) is 18.8. The van der Waals surface area contributed by atoms with Gasteiger partial charge >= 0.3 is 12.1 Å². The van der Waals surface area contributed by atoms with Crippen molar-refractivity contribution in [1.82, 2.24) is 10.6 Å². The molecule has 1 saturated carbocycles. The van der Waals surface area contributed by atoms with Crippen molar-refractivity contribution in [2.75, 3.05) is 13.2 Å². The molecule has 3 unspecified atom stereocenters. The lowest BCUT2D eigenvalue weighted by molar-refractivity contribution is -0.141. The number of alkyl carbamates (subject to hydrolysis) is 1. The van der Waals surface area contributed by atoms with Gasteiger partial charge in [-0.25, -0.2) is 4.79 Å². The molecule has 1 fully saturated rings. The second kappa shape index (κ2) is 10.1. The molecule has 0 spiro atoms. The van der Waals surface area contributed by atoms with Crippen molar-refractivity contribution in [1.29, 1.82) is 0 Å². The second-order valence-electron chi connectivity index (χ2n) is 9.13. The molecule has 2 aromatic carbocycles. The van der Waals surface area contributed by atoms with E-state index in [1.54, 1.807) is 0 Å². The molecule has 174 valence electrons. The van der Waals surface area contributed by atoms with Crippen LogP contribution in [0.4, 0.5) is 4.79 Å². The number of carboxylic acid groups (broad SMARTS) is 1. The molecule has 7 nitrogen and oxygen atoms in total. The number of rotatable bonds is 8. The molecule has 0 saturated heterocycles. The first-order valence-corrected chi connectivity index (χ1v) is 11.5. The van der Waals surface area contributed by atoms with E-state index < -0.39 is 12.1 Å². The highest BCUT2D eigenvalue weighted by Crippen LogP contribution is 2.44. The fraction of sp³-hybridized carbons (Fsp3) is 0.423. The predicted molar refractivity (Wildman–Crippen MR) is 124 cm³/mol. The standard InChI is InChI=1S/C26H30N2O5/c1-16(12-24(29)28-18-11-10-17(13-18)25(30)31)14-27-26(32)33-15-23-21-8-4-2-6-19(21)20-7-3-5-9-22(20)23/h2-9,16-18,23H,10-15H2,1H3,(H,27,32)(H,28,29)(H,30,31). The van der Waals surface area contributed by atoms with Crippen molar-refractivity contribution in [3.63, 3.8) is 0 Å². The van der Waals surface area contributed by atoms with Gasteiger partial charge in [-0.1, -0.05) is 55.5 Å². The number of nitrogens with one attached hydrogen (secondary N) is 2. The summed E-state index contributed by atoms with van der Waals surface area (Å²) in [6.07, 6.45) is 1.53. The Morgan fingerprint density at radius 3 is 2.27 bits per heavy atom. The number of aliphatic carboxylic acids is 1. The first-order valence-electron chi connectivity index (χ1n) is 11.5. The van der Waals surface area contributed by atoms with Crippen molar-refractivity contribution in [2.45, 2.75) is 44.6 Å². The highest BCUT2D eigenvalue weighted by molar-refractivity contribution is 5.79. The zero-order valence-corrected chi connectivity index (χ0v) is 18.8. The largest absolute Gasteiger partial charge is 0.481 e. The van der Waals surface area contributed by atoms with Crippen LogP contribution < -0.4 is 10.6 Å². The molecule has 2 amide bonds. The van der Waals surface area contributed by atoms with Gasteiger partial charge in [-0.05, 0) is 47.4 Å². The maximum absolute atomic E-state index is 12.3. The van der Waals surface area contributed by atoms with Crippen molar-refractivity contribution < 1.29 is 24.2 Å². The Kier molecular flexibility index (Phi) is 6.96. The van der Waals surface area contributed by atoms with Crippen LogP contribution in [-0.2, 0) is 14.3 Å². The van der Waals surface area contributed by atoms with E-state index in [1.165, 1.54) is 11.1 Å². The molecule has 0 aromatic heterocycles. The molecule has 33 heavy (non-hydrogen) atoms. The van der Waals surface area contributed by atoms with Crippen LogP contribution >= 0.6 is 0 Å². The van der Waals surface area contributed by atoms with E-state index in [0.29, 0.717) is 25.8 Å². The molecule has 3 atom stereocenters. The maximum Gasteiger partial charge on any atom is 0.407 e. The van der Waals surface area contributed by atoms with Gasteiger partial charge in [-0.3, -0.25) is 9.59 Å². The van der Waals surface area contributed by atoms with Gasteiger partial charge in [-0.2, -0.15) is 0 Å². The van der Waals surface area contributed by atoms with Crippen LogP contribution in [0, 0.1) is 11.8 Å². The van der Waals surface area contributed by atoms with Crippen LogP contribution in [-0.4, -0.2) is 42.3 Å². The lowest BCUT2D eigenvalue weighted by atomic mass is 9.98. The molecule has 2 aromatic rings. The minimum Gasteiger partial charge on any atom is -0.481 e. The molecule has 0 radical (unpaired) electrons. The summed E-state index contributed by atoms with van der Waals surface area (Å²) in [6.45, 7) is 2.46. The Bertz CT molecular complexity index is 991. The molecule has 2 aliphatic rings. The third kappa shape index (κ3) is 5.35. The van der Waals surface area contributed by atoms with Crippen LogP contribution in [0.15, 0.2) is 48.5 Å². The molecule has 3 N–H and O–H groups in total. The van der Waals surface area contributed by atoms with E-state index in [9.17, 15) is 14.4 Å². The molecule has 4 rings (SSSR count). The predicted octanol–water partition coefficient (Wildman–Crippen LogP) is 3.92. The van der Waals surface area contributed by atoms with Crippen LogP contribution in [0.3, 0.4) is 0 Å². The van der Waals surface area contributed by atoms with Crippen LogP contribution in [0.2, 0.25) is 0 Å². The Morgan fingerprint density at radius 1 is 1.03 bits per heavy atom. The van der Waals surface area contributed by atoms with Crippen LogP contribution in [0.25, 0.3) is 11.1 Å². The topological polar surface area (TPSA) is 105 Å². The lowest BCUT2D eigenvalue weighted by Gasteiger charge is -2.17. The lowest BCUT2D eigenvalue weighted by Crippen LogP contribution is -2.36. The molecule has 0 aliphatic heterocycles.